The van der Waals surface area contributed by atoms with Crippen LogP contribution in [0.2, 0.25) is 0 Å². The first-order valence-corrected chi connectivity index (χ1v) is 3.27. The molecule has 0 nitrogen and oxygen atoms in total. The van der Waals surface area contributed by atoms with Crippen molar-refractivity contribution in [1.29, 1.82) is 0 Å². The Morgan fingerprint density at radius 1 is 1.12 bits per heavy atom. The van der Waals surface area contributed by atoms with Gasteiger partial charge < -0.3 is 0 Å². The molecular weight excluding hydrogens is 94.9 g/mol. The molecule has 49 valence electrons. The molecule has 0 aromatic carbocycles. The minimum atomic E-state index is 0. The first-order valence-electron chi connectivity index (χ1n) is 3.27. The van der Waals surface area contributed by atoms with Crippen LogP contribution in [0.25, 0.3) is 0 Å². The molecule has 0 rings (SSSR count). The zero-order valence-electron chi connectivity index (χ0n) is 6.86. The molecule has 0 saturated carbocycles. The van der Waals surface area contributed by atoms with Crippen LogP contribution < -0.4 is 0 Å². The highest BCUT2D eigenvalue weighted by atomic mass is 13.9. The van der Waals surface area contributed by atoms with E-state index < -0.39 is 0 Å². The van der Waals surface area contributed by atoms with Crippen LogP contribution in [-0.2, 0) is 0 Å². The van der Waals surface area contributed by atoms with Crippen molar-refractivity contribution in [3.8, 4) is 0 Å². The summed E-state index contributed by atoms with van der Waals surface area (Å²) in [5.74, 6) is 0.884. The van der Waals surface area contributed by atoms with Gasteiger partial charge in [-0.05, 0) is 5.92 Å². The first kappa shape index (κ1) is 15.7. The van der Waals surface area contributed by atoms with E-state index in [1.165, 1.54) is 6.42 Å². The molecule has 0 bridgehead atoms. The summed E-state index contributed by atoms with van der Waals surface area (Å²) in [6.07, 6.45) is 1.31. The Morgan fingerprint density at radius 3 is 1.25 bits per heavy atom. The quantitative estimate of drug-likeness (QED) is 0.458. The van der Waals surface area contributed by atoms with E-state index in [0.717, 1.165) is 5.92 Å². The van der Waals surface area contributed by atoms with Gasteiger partial charge in [-0.3, -0.25) is 0 Å². The van der Waals surface area contributed by atoms with Crippen molar-refractivity contribution in [2.24, 2.45) is 5.92 Å². The minimum Gasteiger partial charge on any atom is -0.0683 e. The van der Waals surface area contributed by atoms with Gasteiger partial charge in [0.1, 0.15) is 0 Å². The van der Waals surface area contributed by atoms with Crippen LogP contribution in [0.5, 0.6) is 0 Å². The maximum atomic E-state index is 2.22. The summed E-state index contributed by atoms with van der Waals surface area (Å²) in [4.78, 5) is 0. The van der Waals surface area contributed by atoms with Crippen molar-refractivity contribution in [3.05, 3.63) is 0 Å². The van der Waals surface area contributed by atoms with Crippen LogP contribution in [0.4, 0.5) is 0 Å². The molecule has 0 atom stereocenters. The number of hydrogen-bond acceptors (Lipinski definition) is 0. The molecule has 0 aliphatic heterocycles. The molecule has 0 heterocycles. The molecule has 0 aliphatic carbocycles. The fourth-order valence-electron chi connectivity index (χ4n) is 0. The van der Waals surface area contributed by atoms with E-state index in [0.29, 0.717) is 0 Å². The van der Waals surface area contributed by atoms with Gasteiger partial charge >= 0.3 is 0 Å². The van der Waals surface area contributed by atoms with E-state index in [1.807, 2.05) is 13.8 Å². The standard InChI is InChI=1S/C5H12.C2H6.B/c1-4-5(2)3;1-2;/h5H,4H2,1-3H3;1-2H3;. The van der Waals surface area contributed by atoms with E-state index in [2.05, 4.69) is 20.8 Å². The molecule has 0 spiro atoms. The topological polar surface area (TPSA) is 0 Å². The fraction of sp³-hybridized carbons (Fsp3) is 1.00. The molecule has 0 fully saturated rings. The zero-order chi connectivity index (χ0) is 6.28. The summed E-state index contributed by atoms with van der Waals surface area (Å²) in [5, 5.41) is 0. The average Bonchev–Trinajstić information content (AvgIpc) is 1.73. The predicted molar refractivity (Wildman–Crippen MR) is 42.2 cm³/mol. The summed E-state index contributed by atoms with van der Waals surface area (Å²) in [6, 6.07) is 0. The number of rotatable bonds is 1. The Hall–Kier alpha value is 0.0649. The lowest BCUT2D eigenvalue weighted by Gasteiger charge is -1.90. The smallest absolute Gasteiger partial charge is 0 e. The van der Waals surface area contributed by atoms with E-state index in [1.54, 1.807) is 0 Å². The maximum Gasteiger partial charge on any atom is 0 e. The van der Waals surface area contributed by atoms with Crippen molar-refractivity contribution < 1.29 is 0 Å². The normalized spacial score (nSPS) is 6.75. The molecule has 0 amide bonds. The van der Waals surface area contributed by atoms with E-state index in [-0.39, 0.29) is 8.41 Å². The highest BCUT2D eigenvalue weighted by Gasteiger charge is 1.80. The van der Waals surface area contributed by atoms with Crippen LogP contribution in [0.15, 0.2) is 0 Å². The van der Waals surface area contributed by atoms with E-state index >= 15 is 0 Å². The maximum absolute atomic E-state index is 2.22. The molecule has 8 heavy (non-hydrogen) atoms. The highest BCUT2D eigenvalue weighted by Crippen LogP contribution is 1.93. The van der Waals surface area contributed by atoms with Gasteiger partial charge in [-0.25, -0.2) is 0 Å². The van der Waals surface area contributed by atoms with Crippen molar-refractivity contribution >= 4 is 8.41 Å². The summed E-state index contributed by atoms with van der Waals surface area (Å²) >= 11 is 0. The summed E-state index contributed by atoms with van der Waals surface area (Å²) < 4.78 is 0. The Kier molecular flexibility index (Phi) is 30.8. The van der Waals surface area contributed by atoms with Gasteiger partial charge in [0.05, 0.1) is 0 Å². The van der Waals surface area contributed by atoms with Crippen LogP contribution >= 0.6 is 0 Å². The molecule has 0 aliphatic rings. The van der Waals surface area contributed by atoms with Gasteiger partial charge in [-0.2, -0.15) is 0 Å². The minimum absolute atomic E-state index is 0. The molecular formula is C7H18B. The summed E-state index contributed by atoms with van der Waals surface area (Å²) in [6.45, 7) is 10.6. The fourth-order valence-corrected chi connectivity index (χ4v) is 0. The van der Waals surface area contributed by atoms with Crippen LogP contribution in [0.1, 0.15) is 41.0 Å². The Bertz CT molecular complexity index is 18.3. The zero-order valence-corrected chi connectivity index (χ0v) is 6.86. The summed E-state index contributed by atoms with van der Waals surface area (Å²) in [5.41, 5.74) is 0. The molecule has 0 aromatic heterocycles. The third-order valence-electron chi connectivity index (χ3n) is 0.816. The third-order valence-corrected chi connectivity index (χ3v) is 0.816. The SMILES string of the molecule is CC.CCC(C)C.[B]. The van der Waals surface area contributed by atoms with E-state index in [4.69, 9.17) is 0 Å². The van der Waals surface area contributed by atoms with Crippen LogP contribution in [0, 0.1) is 5.92 Å². The van der Waals surface area contributed by atoms with Crippen molar-refractivity contribution in [3.63, 3.8) is 0 Å². The Labute approximate surface area is 56.3 Å². The third kappa shape index (κ3) is 36.5. The molecule has 0 aromatic rings. The van der Waals surface area contributed by atoms with Crippen LogP contribution in [0.3, 0.4) is 0 Å². The highest BCUT2D eigenvalue weighted by molar-refractivity contribution is 5.75. The average molecular weight is 113 g/mol. The first-order chi connectivity index (χ1) is 3.27. The predicted octanol–water partition coefficient (Wildman–Crippen LogP) is 2.70. The molecule has 1 heteroatoms. The lowest BCUT2D eigenvalue weighted by molar-refractivity contribution is 0.626. The lowest BCUT2D eigenvalue weighted by Crippen LogP contribution is -1.77. The second kappa shape index (κ2) is 15.7. The van der Waals surface area contributed by atoms with Gasteiger partial charge in [0.15, 0.2) is 0 Å². The number of hydrogen-bond donors (Lipinski definition) is 0. The monoisotopic (exact) mass is 113 g/mol. The lowest BCUT2D eigenvalue weighted by atomic mass is 10.2. The van der Waals surface area contributed by atoms with Crippen molar-refractivity contribution in [2.75, 3.05) is 0 Å². The van der Waals surface area contributed by atoms with Crippen molar-refractivity contribution in [1.82, 2.24) is 0 Å². The van der Waals surface area contributed by atoms with Gasteiger partial charge in [0.25, 0.3) is 0 Å². The Morgan fingerprint density at radius 2 is 1.25 bits per heavy atom. The summed E-state index contributed by atoms with van der Waals surface area (Å²) in [7, 11) is 0. The van der Waals surface area contributed by atoms with Gasteiger partial charge in [0.2, 0.25) is 0 Å². The second-order valence-electron chi connectivity index (χ2n) is 1.80. The van der Waals surface area contributed by atoms with Gasteiger partial charge in [-0.15, -0.1) is 0 Å². The molecule has 0 saturated heterocycles. The second-order valence-corrected chi connectivity index (χ2v) is 1.80. The molecule has 3 radical (unpaired) electrons. The van der Waals surface area contributed by atoms with E-state index in [9.17, 15) is 0 Å². The molecule has 0 N–H and O–H groups in total. The largest absolute Gasteiger partial charge is 0.0683 e. The van der Waals surface area contributed by atoms with Gasteiger partial charge in [-0.1, -0.05) is 41.0 Å². The molecule has 0 unspecified atom stereocenters. The van der Waals surface area contributed by atoms with Crippen molar-refractivity contribution in [2.45, 2.75) is 41.0 Å². The van der Waals surface area contributed by atoms with Crippen LogP contribution in [-0.4, -0.2) is 8.41 Å². The van der Waals surface area contributed by atoms with Gasteiger partial charge in [0, 0.05) is 8.41 Å². The Balaban J connectivity index is -0.0000000750.